The summed E-state index contributed by atoms with van der Waals surface area (Å²) in [4.78, 5) is 20.4. The van der Waals surface area contributed by atoms with E-state index in [-0.39, 0.29) is 12.0 Å². The SMILES string of the molecule is Cc1cccc(NC(=O)Nc2nc(C)cc(NCCN)n2)c1. The average Bonchev–Trinajstić information content (AvgIpc) is 2.44. The number of urea groups is 1. The second-order valence-electron chi connectivity index (χ2n) is 4.88. The second-order valence-corrected chi connectivity index (χ2v) is 4.88. The van der Waals surface area contributed by atoms with Crippen molar-refractivity contribution >= 4 is 23.5 Å². The standard InChI is InChI=1S/C15H20N6O/c1-10-4-3-5-12(8-10)19-15(22)21-14-18-11(2)9-13(20-14)17-7-6-16/h3-5,8-9H,6-7,16H2,1-2H3,(H3,17,18,19,20,21,22). The first-order valence-electron chi connectivity index (χ1n) is 7.01. The zero-order chi connectivity index (χ0) is 15.9. The predicted molar refractivity (Wildman–Crippen MR) is 88.1 cm³/mol. The van der Waals surface area contributed by atoms with E-state index < -0.39 is 0 Å². The third-order valence-electron chi connectivity index (χ3n) is 2.81. The highest BCUT2D eigenvalue weighted by Crippen LogP contribution is 2.12. The van der Waals surface area contributed by atoms with E-state index in [0.29, 0.717) is 24.6 Å². The van der Waals surface area contributed by atoms with Crippen LogP contribution in [0.5, 0.6) is 0 Å². The molecule has 0 saturated heterocycles. The third-order valence-corrected chi connectivity index (χ3v) is 2.81. The van der Waals surface area contributed by atoms with Crippen LogP contribution in [0.2, 0.25) is 0 Å². The van der Waals surface area contributed by atoms with Crippen LogP contribution in [0.3, 0.4) is 0 Å². The number of aryl methyl sites for hydroxylation is 2. The van der Waals surface area contributed by atoms with Gasteiger partial charge in [0.2, 0.25) is 5.95 Å². The molecule has 0 aliphatic carbocycles. The minimum atomic E-state index is -0.388. The van der Waals surface area contributed by atoms with Gasteiger partial charge in [0.15, 0.2) is 0 Å². The molecule has 1 aromatic heterocycles. The van der Waals surface area contributed by atoms with E-state index in [9.17, 15) is 4.79 Å². The fraction of sp³-hybridized carbons (Fsp3) is 0.267. The number of nitrogens with zero attached hydrogens (tertiary/aromatic N) is 2. The summed E-state index contributed by atoms with van der Waals surface area (Å²) in [5, 5.41) is 8.43. The zero-order valence-corrected chi connectivity index (χ0v) is 12.7. The van der Waals surface area contributed by atoms with Crippen LogP contribution < -0.4 is 21.7 Å². The summed E-state index contributed by atoms with van der Waals surface area (Å²) in [6.07, 6.45) is 0. The van der Waals surface area contributed by atoms with Crippen LogP contribution in [0.4, 0.5) is 22.2 Å². The molecule has 2 aromatic rings. The monoisotopic (exact) mass is 300 g/mol. The molecule has 7 nitrogen and oxygen atoms in total. The van der Waals surface area contributed by atoms with E-state index in [1.165, 1.54) is 0 Å². The van der Waals surface area contributed by atoms with Crippen molar-refractivity contribution in [3.63, 3.8) is 0 Å². The average molecular weight is 300 g/mol. The van der Waals surface area contributed by atoms with E-state index in [2.05, 4.69) is 25.9 Å². The number of rotatable bonds is 5. The van der Waals surface area contributed by atoms with Crippen molar-refractivity contribution in [1.29, 1.82) is 0 Å². The highest BCUT2D eigenvalue weighted by atomic mass is 16.2. The maximum absolute atomic E-state index is 12.0. The van der Waals surface area contributed by atoms with Gasteiger partial charge in [-0.25, -0.2) is 9.78 Å². The fourth-order valence-corrected chi connectivity index (χ4v) is 1.90. The zero-order valence-electron chi connectivity index (χ0n) is 12.7. The highest BCUT2D eigenvalue weighted by molar-refractivity contribution is 5.98. The molecule has 5 N–H and O–H groups in total. The maximum Gasteiger partial charge on any atom is 0.326 e. The van der Waals surface area contributed by atoms with Gasteiger partial charge in [0, 0.05) is 30.5 Å². The van der Waals surface area contributed by atoms with Gasteiger partial charge in [-0.05, 0) is 31.5 Å². The number of carbonyl (C=O) groups excluding carboxylic acids is 1. The molecule has 0 saturated carbocycles. The number of hydrogen-bond donors (Lipinski definition) is 4. The Morgan fingerprint density at radius 3 is 2.73 bits per heavy atom. The van der Waals surface area contributed by atoms with Gasteiger partial charge in [0.25, 0.3) is 0 Å². The summed E-state index contributed by atoms with van der Waals surface area (Å²) in [5.41, 5.74) is 7.98. The van der Waals surface area contributed by atoms with Gasteiger partial charge in [-0.15, -0.1) is 0 Å². The molecule has 22 heavy (non-hydrogen) atoms. The third kappa shape index (κ3) is 4.71. The maximum atomic E-state index is 12.0. The minimum absolute atomic E-state index is 0.240. The van der Waals surface area contributed by atoms with Crippen molar-refractivity contribution in [2.24, 2.45) is 5.73 Å². The summed E-state index contributed by atoms with van der Waals surface area (Å²) in [7, 11) is 0. The van der Waals surface area contributed by atoms with Gasteiger partial charge in [-0.2, -0.15) is 4.98 Å². The van der Waals surface area contributed by atoms with Crippen LogP contribution in [0.25, 0.3) is 0 Å². The Labute approximate surface area is 129 Å². The molecule has 116 valence electrons. The lowest BCUT2D eigenvalue weighted by Gasteiger charge is -2.10. The second kappa shape index (κ2) is 7.37. The van der Waals surface area contributed by atoms with Crippen LogP contribution in [0.1, 0.15) is 11.3 Å². The van der Waals surface area contributed by atoms with Gasteiger partial charge >= 0.3 is 6.03 Å². The summed E-state index contributed by atoms with van der Waals surface area (Å²) >= 11 is 0. The normalized spacial score (nSPS) is 10.1. The van der Waals surface area contributed by atoms with Crippen LogP contribution in [-0.4, -0.2) is 29.1 Å². The summed E-state index contributed by atoms with van der Waals surface area (Å²) < 4.78 is 0. The van der Waals surface area contributed by atoms with Gasteiger partial charge in [0.1, 0.15) is 5.82 Å². The smallest absolute Gasteiger partial charge is 0.326 e. The summed E-state index contributed by atoms with van der Waals surface area (Å²) in [6.45, 7) is 4.89. The molecule has 0 spiro atoms. The Balaban J connectivity index is 2.03. The molecule has 7 heteroatoms. The lowest BCUT2D eigenvalue weighted by Crippen LogP contribution is -2.22. The Hall–Kier alpha value is -2.67. The first kappa shape index (κ1) is 15.7. The number of aromatic nitrogens is 2. The summed E-state index contributed by atoms with van der Waals surface area (Å²) in [6, 6.07) is 8.94. The van der Waals surface area contributed by atoms with Crippen LogP contribution >= 0.6 is 0 Å². The molecule has 2 rings (SSSR count). The van der Waals surface area contributed by atoms with E-state index in [4.69, 9.17) is 5.73 Å². The van der Waals surface area contributed by atoms with Crippen molar-refractivity contribution in [3.05, 3.63) is 41.6 Å². The molecule has 0 bridgehead atoms. The molecule has 1 heterocycles. The van der Waals surface area contributed by atoms with Crippen molar-refractivity contribution in [2.45, 2.75) is 13.8 Å². The molecule has 0 atom stereocenters. The van der Waals surface area contributed by atoms with Gasteiger partial charge in [-0.1, -0.05) is 12.1 Å². The Morgan fingerprint density at radius 1 is 1.18 bits per heavy atom. The largest absolute Gasteiger partial charge is 0.369 e. The minimum Gasteiger partial charge on any atom is -0.369 e. The molecule has 0 aliphatic heterocycles. The first-order valence-corrected chi connectivity index (χ1v) is 7.01. The van der Waals surface area contributed by atoms with Crippen LogP contribution in [-0.2, 0) is 0 Å². The number of nitrogens with one attached hydrogen (secondary N) is 3. The molecule has 2 amide bonds. The van der Waals surface area contributed by atoms with Crippen molar-refractivity contribution in [3.8, 4) is 0 Å². The Kier molecular flexibility index (Phi) is 5.26. The number of benzene rings is 1. The quantitative estimate of drug-likeness (QED) is 0.677. The number of nitrogens with two attached hydrogens (primary N) is 1. The van der Waals surface area contributed by atoms with Crippen molar-refractivity contribution < 1.29 is 4.79 Å². The van der Waals surface area contributed by atoms with E-state index in [0.717, 1.165) is 11.3 Å². The topological polar surface area (TPSA) is 105 Å². The van der Waals surface area contributed by atoms with Gasteiger partial charge in [-0.3, -0.25) is 5.32 Å². The number of anilines is 3. The Bertz CT molecular complexity index is 658. The number of carbonyl (C=O) groups is 1. The van der Waals surface area contributed by atoms with Gasteiger partial charge in [0.05, 0.1) is 0 Å². The lowest BCUT2D eigenvalue weighted by molar-refractivity contribution is 0.262. The molecule has 0 fully saturated rings. The van der Waals surface area contributed by atoms with E-state index in [1.807, 2.05) is 38.1 Å². The fourth-order valence-electron chi connectivity index (χ4n) is 1.90. The van der Waals surface area contributed by atoms with Crippen LogP contribution in [0, 0.1) is 13.8 Å². The predicted octanol–water partition coefficient (Wildman–Crippen LogP) is 2.11. The number of amides is 2. The number of hydrogen-bond acceptors (Lipinski definition) is 5. The molecule has 0 aliphatic rings. The van der Waals surface area contributed by atoms with Crippen molar-refractivity contribution in [2.75, 3.05) is 29.0 Å². The summed E-state index contributed by atoms with van der Waals surface area (Å²) in [5.74, 6) is 0.869. The van der Waals surface area contributed by atoms with E-state index in [1.54, 1.807) is 6.07 Å². The lowest BCUT2D eigenvalue weighted by atomic mass is 10.2. The molecule has 0 unspecified atom stereocenters. The molecule has 1 aromatic carbocycles. The van der Waals surface area contributed by atoms with Crippen LogP contribution in [0.15, 0.2) is 30.3 Å². The molecular weight excluding hydrogens is 280 g/mol. The van der Waals surface area contributed by atoms with Gasteiger partial charge < -0.3 is 16.4 Å². The first-order chi connectivity index (χ1) is 10.6. The highest BCUT2D eigenvalue weighted by Gasteiger charge is 2.07. The Morgan fingerprint density at radius 2 is 2.00 bits per heavy atom. The molecule has 0 radical (unpaired) electrons. The molecular formula is C15H20N6O. The van der Waals surface area contributed by atoms with E-state index >= 15 is 0 Å². The van der Waals surface area contributed by atoms with Crippen molar-refractivity contribution in [1.82, 2.24) is 9.97 Å².